The van der Waals surface area contributed by atoms with Crippen molar-refractivity contribution in [3.63, 3.8) is 0 Å². The van der Waals surface area contributed by atoms with Gasteiger partial charge in [0.15, 0.2) is 5.78 Å². The highest BCUT2D eigenvalue weighted by molar-refractivity contribution is 5.93. The first-order valence-electron chi connectivity index (χ1n) is 7.71. The van der Waals surface area contributed by atoms with E-state index in [1.54, 1.807) is 55.5 Å². The van der Waals surface area contributed by atoms with Crippen LogP contribution in [0, 0.1) is 0 Å². The van der Waals surface area contributed by atoms with Gasteiger partial charge in [-0.1, -0.05) is 66.7 Å². The Kier molecular flexibility index (Phi) is 6.95. The zero-order valence-corrected chi connectivity index (χ0v) is 13.8. The van der Waals surface area contributed by atoms with Gasteiger partial charge in [0.05, 0.1) is 0 Å². The SMILES string of the molecule is CC(=O)c1ccccc1.O=C(Oc1ccccc1)Oc1ccccc1. The second-order valence-electron chi connectivity index (χ2n) is 5.00. The van der Waals surface area contributed by atoms with E-state index in [4.69, 9.17) is 9.47 Å². The van der Waals surface area contributed by atoms with Crippen LogP contribution in [0.3, 0.4) is 0 Å². The monoisotopic (exact) mass is 334 g/mol. The molecule has 0 heterocycles. The van der Waals surface area contributed by atoms with Crippen LogP contribution in [0.15, 0.2) is 91.0 Å². The Morgan fingerprint density at radius 1 is 0.600 bits per heavy atom. The zero-order valence-electron chi connectivity index (χ0n) is 13.8. The van der Waals surface area contributed by atoms with Gasteiger partial charge in [-0.2, -0.15) is 0 Å². The minimum Gasteiger partial charge on any atom is -0.395 e. The smallest absolute Gasteiger partial charge is 0.395 e. The van der Waals surface area contributed by atoms with Crippen LogP contribution in [0.2, 0.25) is 0 Å². The second kappa shape index (κ2) is 9.67. The number of hydrogen-bond acceptors (Lipinski definition) is 4. The van der Waals surface area contributed by atoms with Crippen LogP contribution < -0.4 is 9.47 Å². The lowest BCUT2D eigenvalue weighted by Crippen LogP contribution is -2.13. The van der Waals surface area contributed by atoms with Gasteiger partial charge in [0.1, 0.15) is 11.5 Å². The van der Waals surface area contributed by atoms with Gasteiger partial charge in [0.2, 0.25) is 0 Å². The number of carbonyl (C=O) groups is 2. The lowest BCUT2D eigenvalue weighted by atomic mass is 10.2. The summed E-state index contributed by atoms with van der Waals surface area (Å²) < 4.78 is 9.91. The lowest BCUT2D eigenvalue weighted by Gasteiger charge is -2.04. The van der Waals surface area contributed by atoms with Crippen molar-refractivity contribution in [2.24, 2.45) is 0 Å². The molecule has 0 N–H and O–H groups in total. The number of hydrogen-bond donors (Lipinski definition) is 0. The van der Waals surface area contributed by atoms with Gasteiger partial charge in [0, 0.05) is 5.56 Å². The van der Waals surface area contributed by atoms with Gasteiger partial charge in [-0.15, -0.1) is 0 Å². The van der Waals surface area contributed by atoms with Crippen LogP contribution in [0.1, 0.15) is 17.3 Å². The number of carbonyl (C=O) groups excluding carboxylic acids is 2. The van der Waals surface area contributed by atoms with E-state index >= 15 is 0 Å². The van der Waals surface area contributed by atoms with Crippen molar-refractivity contribution in [1.29, 1.82) is 0 Å². The number of Topliss-reactive ketones (excluding diaryl/α,β-unsaturated/α-hetero) is 1. The van der Waals surface area contributed by atoms with Crippen molar-refractivity contribution in [3.8, 4) is 11.5 Å². The fraction of sp³-hybridized carbons (Fsp3) is 0.0476. The van der Waals surface area contributed by atoms with Gasteiger partial charge in [-0.3, -0.25) is 4.79 Å². The lowest BCUT2D eigenvalue weighted by molar-refractivity contribution is 0.101. The van der Waals surface area contributed by atoms with Crippen molar-refractivity contribution in [2.45, 2.75) is 6.92 Å². The number of rotatable bonds is 3. The first kappa shape index (κ1) is 17.9. The topological polar surface area (TPSA) is 52.6 Å². The Labute approximate surface area is 146 Å². The summed E-state index contributed by atoms with van der Waals surface area (Å²) in [5.41, 5.74) is 0.775. The van der Waals surface area contributed by atoms with Crippen LogP contribution in [-0.2, 0) is 0 Å². The molecule has 25 heavy (non-hydrogen) atoms. The molecule has 0 aliphatic heterocycles. The van der Waals surface area contributed by atoms with E-state index in [1.807, 2.05) is 42.5 Å². The molecule has 0 atom stereocenters. The number of ketones is 1. The van der Waals surface area contributed by atoms with Crippen LogP contribution in [0.25, 0.3) is 0 Å². The van der Waals surface area contributed by atoms with Gasteiger partial charge in [0.25, 0.3) is 0 Å². The molecule has 0 saturated carbocycles. The molecule has 0 aliphatic carbocycles. The fourth-order valence-corrected chi connectivity index (χ4v) is 1.86. The Bertz CT molecular complexity index is 740. The summed E-state index contributed by atoms with van der Waals surface area (Å²) >= 11 is 0. The molecular formula is C21H18O4. The molecule has 4 nitrogen and oxygen atoms in total. The van der Waals surface area contributed by atoms with Crippen molar-refractivity contribution in [2.75, 3.05) is 0 Å². The minimum absolute atomic E-state index is 0.121. The summed E-state index contributed by atoms with van der Waals surface area (Å²) in [5.74, 6) is 1.04. The molecule has 3 rings (SSSR count). The summed E-state index contributed by atoms with van der Waals surface area (Å²) in [7, 11) is 0. The third kappa shape index (κ3) is 6.71. The molecule has 0 fully saturated rings. The summed E-state index contributed by atoms with van der Waals surface area (Å²) in [6.07, 6.45) is -0.739. The van der Waals surface area contributed by atoms with E-state index in [0.717, 1.165) is 5.56 Å². The summed E-state index contributed by atoms with van der Waals surface area (Å²) in [6.45, 7) is 1.56. The Balaban J connectivity index is 0.000000212. The van der Waals surface area contributed by atoms with E-state index in [9.17, 15) is 9.59 Å². The van der Waals surface area contributed by atoms with Crippen LogP contribution in [0.4, 0.5) is 4.79 Å². The average Bonchev–Trinajstić information content (AvgIpc) is 2.64. The normalized spacial score (nSPS) is 9.32. The first-order valence-corrected chi connectivity index (χ1v) is 7.71. The molecule has 0 radical (unpaired) electrons. The molecule has 0 unspecified atom stereocenters. The van der Waals surface area contributed by atoms with E-state index in [-0.39, 0.29) is 5.78 Å². The maximum absolute atomic E-state index is 11.3. The van der Waals surface area contributed by atoms with Crippen molar-refractivity contribution >= 4 is 11.9 Å². The van der Waals surface area contributed by atoms with Gasteiger partial charge in [-0.05, 0) is 31.2 Å². The molecule has 0 aromatic heterocycles. The fourth-order valence-electron chi connectivity index (χ4n) is 1.86. The Hall–Kier alpha value is -3.40. The van der Waals surface area contributed by atoms with Crippen molar-refractivity contribution in [3.05, 3.63) is 96.6 Å². The number of benzene rings is 3. The van der Waals surface area contributed by atoms with E-state index < -0.39 is 6.16 Å². The highest BCUT2D eigenvalue weighted by atomic mass is 16.7. The zero-order chi connectivity index (χ0) is 17.9. The average molecular weight is 334 g/mol. The summed E-state index contributed by atoms with van der Waals surface area (Å²) in [5, 5.41) is 0. The Morgan fingerprint density at radius 3 is 1.28 bits per heavy atom. The van der Waals surface area contributed by atoms with Crippen LogP contribution >= 0.6 is 0 Å². The van der Waals surface area contributed by atoms with E-state index in [2.05, 4.69) is 0 Å². The predicted octanol–water partition coefficient (Wildman–Crippen LogP) is 5.15. The molecule has 3 aromatic rings. The summed E-state index contributed by atoms with van der Waals surface area (Å²) in [6, 6.07) is 26.8. The summed E-state index contributed by atoms with van der Waals surface area (Å²) in [4.78, 5) is 22.0. The molecule has 126 valence electrons. The largest absolute Gasteiger partial charge is 0.519 e. The number of para-hydroxylation sites is 2. The first-order chi connectivity index (χ1) is 12.1. The van der Waals surface area contributed by atoms with Gasteiger partial charge in [-0.25, -0.2) is 4.79 Å². The standard InChI is InChI=1S/C13H10O3.C8H8O/c14-13(15-11-7-3-1-4-8-11)16-12-9-5-2-6-10-12;1-7(9)8-5-3-2-4-6-8/h1-10H;2-6H,1H3. The third-order valence-electron chi connectivity index (χ3n) is 3.07. The molecule has 0 saturated heterocycles. The van der Waals surface area contributed by atoms with Crippen molar-refractivity contribution in [1.82, 2.24) is 0 Å². The van der Waals surface area contributed by atoms with Gasteiger partial charge < -0.3 is 9.47 Å². The molecule has 0 bridgehead atoms. The maximum atomic E-state index is 11.3. The second-order valence-corrected chi connectivity index (χ2v) is 5.00. The minimum atomic E-state index is -0.739. The van der Waals surface area contributed by atoms with Crippen LogP contribution in [0.5, 0.6) is 11.5 Å². The van der Waals surface area contributed by atoms with Crippen molar-refractivity contribution < 1.29 is 19.1 Å². The molecule has 0 spiro atoms. The van der Waals surface area contributed by atoms with E-state index in [0.29, 0.717) is 11.5 Å². The molecule has 3 aromatic carbocycles. The van der Waals surface area contributed by atoms with E-state index in [1.165, 1.54) is 0 Å². The highest BCUT2D eigenvalue weighted by Crippen LogP contribution is 2.12. The molecule has 4 heteroatoms. The quantitative estimate of drug-likeness (QED) is 0.377. The molecular weight excluding hydrogens is 316 g/mol. The molecule has 0 amide bonds. The number of ether oxygens (including phenoxy) is 2. The predicted molar refractivity (Wildman–Crippen MR) is 96.0 cm³/mol. The maximum Gasteiger partial charge on any atom is 0.519 e. The Morgan fingerprint density at radius 2 is 0.960 bits per heavy atom. The van der Waals surface area contributed by atoms with Gasteiger partial charge >= 0.3 is 6.16 Å². The highest BCUT2D eigenvalue weighted by Gasteiger charge is 2.06. The van der Waals surface area contributed by atoms with Crippen LogP contribution in [-0.4, -0.2) is 11.9 Å². The molecule has 0 aliphatic rings. The third-order valence-corrected chi connectivity index (χ3v) is 3.07.